The van der Waals surface area contributed by atoms with Crippen molar-refractivity contribution in [2.75, 3.05) is 13.2 Å². The lowest BCUT2D eigenvalue weighted by Crippen LogP contribution is -2.72. The van der Waals surface area contributed by atoms with Gasteiger partial charge in [-0.25, -0.2) is 0 Å². The number of allylic oxidation sites excluding steroid dienone is 2. The molecule has 1 aliphatic heterocycles. The number of ether oxygens (including phenoxy) is 2. The Bertz CT molecular complexity index is 1160. The number of aliphatic hydroxyl groups excluding tert-OH is 7. The lowest BCUT2D eigenvalue weighted by atomic mass is 9.33. The molecule has 1 saturated heterocycles. The monoisotopic (exact) mass is 622 g/mol. The van der Waals surface area contributed by atoms with Gasteiger partial charge in [0.25, 0.3) is 0 Å². The van der Waals surface area contributed by atoms with E-state index in [1.807, 2.05) is 13.8 Å². The predicted molar refractivity (Wildman–Crippen MR) is 163 cm³/mol. The van der Waals surface area contributed by atoms with Crippen LogP contribution < -0.4 is 0 Å². The fourth-order valence-corrected chi connectivity index (χ4v) is 12.0. The first kappa shape index (κ1) is 33.3. The zero-order valence-corrected chi connectivity index (χ0v) is 27.7. The van der Waals surface area contributed by atoms with E-state index in [1.54, 1.807) is 0 Å². The van der Waals surface area contributed by atoms with Crippen molar-refractivity contribution in [2.24, 2.45) is 50.2 Å². The number of hydrogen-bond acceptors (Lipinski definition) is 9. The molecule has 0 bridgehead atoms. The molecule has 0 amide bonds. The highest BCUT2D eigenvalue weighted by molar-refractivity contribution is 5.36. The second-order valence-electron chi connectivity index (χ2n) is 17.7. The first-order valence-electron chi connectivity index (χ1n) is 17.0. The van der Waals surface area contributed by atoms with Crippen LogP contribution in [0.5, 0.6) is 0 Å². The fraction of sp³-hybridized carbons (Fsp3) is 0.943. The van der Waals surface area contributed by atoms with Crippen LogP contribution in [0.2, 0.25) is 0 Å². The lowest BCUT2D eigenvalue weighted by molar-refractivity contribution is -0.306. The summed E-state index contributed by atoms with van der Waals surface area (Å²) >= 11 is 0. The van der Waals surface area contributed by atoms with Gasteiger partial charge in [-0.2, -0.15) is 0 Å². The minimum absolute atomic E-state index is 0.0464. The summed E-state index contributed by atoms with van der Waals surface area (Å²) in [5, 5.41) is 77.5. The molecule has 252 valence electrons. The summed E-state index contributed by atoms with van der Waals surface area (Å²) in [4.78, 5) is 0. The molecule has 9 nitrogen and oxygen atoms in total. The van der Waals surface area contributed by atoms with Gasteiger partial charge in [0.1, 0.15) is 18.3 Å². The molecule has 44 heavy (non-hydrogen) atoms. The van der Waals surface area contributed by atoms with Crippen molar-refractivity contribution in [2.45, 2.75) is 142 Å². The normalized spacial score (nSPS) is 56.4. The third-order valence-electron chi connectivity index (χ3n) is 15.1. The molecule has 5 fully saturated rings. The van der Waals surface area contributed by atoms with Crippen molar-refractivity contribution in [3.63, 3.8) is 0 Å². The van der Waals surface area contributed by atoms with Crippen molar-refractivity contribution in [1.82, 2.24) is 0 Å². The molecule has 0 aromatic heterocycles. The van der Waals surface area contributed by atoms with Gasteiger partial charge >= 0.3 is 0 Å². The van der Waals surface area contributed by atoms with E-state index in [0.717, 1.165) is 32.1 Å². The van der Waals surface area contributed by atoms with Gasteiger partial charge in [0.05, 0.1) is 43.0 Å². The van der Waals surface area contributed by atoms with E-state index in [-0.39, 0.29) is 46.9 Å². The van der Waals surface area contributed by atoms with E-state index in [0.29, 0.717) is 24.7 Å². The molecule has 6 rings (SSSR count). The molecule has 6 aliphatic rings. The second kappa shape index (κ2) is 10.4. The SMILES string of the molecule is CC1(C)C[C@H]2C3=CC[C@@H]4[C@@]5(C)CCC(O)C(C)(C)[C@@H]5CC[C@@]4(C)[C@]3(C)CC(O)[C@@]2(CO[C@@H]2OC[C@@H](O)[C@H](O)[C@H]2O)C(O)C1O. The average molecular weight is 623 g/mol. The number of hydrogen-bond donors (Lipinski definition) is 7. The zero-order valence-electron chi connectivity index (χ0n) is 27.7. The van der Waals surface area contributed by atoms with Crippen LogP contribution in [0.3, 0.4) is 0 Å². The van der Waals surface area contributed by atoms with Gasteiger partial charge in [0, 0.05) is 0 Å². The molecule has 0 aromatic rings. The summed E-state index contributed by atoms with van der Waals surface area (Å²) in [6.07, 6.45) is -1.15. The van der Waals surface area contributed by atoms with E-state index < -0.39 is 53.7 Å². The van der Waals surface area contributed by atoms with Crippen molar-refractivity contribution in [3.8, 4) is 0 Å². The molecule has 0 spiro atoms. The molecule has 4 saturated carbocycles. The highest BCUT2D eigenvalue weighted by Crippen LogP contribution is 2.75. The summed E-state index contributed by atoms with van der Waals surface area (Å²) in [5.41, 5.74) is -1.27. The zero-order chi connectivity index (χ0) is 32.4. The van der Waals surface area contributed by atoms with E-state index in [2.05, 4.69) is 40.7 Å². The number of aliphatic hydroxyl groups is 7. The third kappa shape index (κ3) is 4.22. The van der Waals surface area contributed by atoms with Crippen LogP contribution in [0, 0.1) is 50.2 Å². The van der Waals surface area contributed by atoms with E-state index >= 15 is 0 Å². The summed E-state index contributed by atoms with van der Waals surface area (Å²) in [6, 6.07) is 0. The predicted octanol–water partition coefficient (Wildman–Crippen LogP) is 2.52. The highest BCUT2D eigenvalue weighted by atomic mass is 16.7. The van der Waals surface area contributed by atoms with Gasteiger partial charge in [0.15, 0.2) is 6.29 Å². The molecular formula is C35H58O9. The van der Waals surface area contributed by atoms with E-state index in [9.17, 15) is 35.7 Å². The van der Waals surface area contributed by atoms with Crippen molar-refractivity contribution >= 4 is 0 Å². The maximum Gasteiger partial charge on any atom is 0.186 e. The number of fused-ring (bicyclic) bond motifs is 7. The van der Waals surface area contributed by atoms with Crippen LogP contribution in [-0.4, -0.2) is 98.0 Å². The molecule has 9 heteroatoms. The van der Waals surface area contributed by atoms with Crippen molar-refractivity contribution in [3.05, 3.63) is 11.6 Å². The Kier molecular flexibility index (Phi) is 7.90. The van der Waals surface area contributed by atoms with Crippen molar-refractivity contribution < 1.29 is 45.2 Å². The molecule has 1 heterocycles. The summed E-state index contributed by atoms with van der Waals surface area (Å²) in [6.45, 7) is 15.2. The quantitative estimate of drug-likeness (QED) is 0.235. The Morgan fingerprint density at radius 1 is 0.795 bits per heavy atom. The molecular weight excluding hydrogens is 564 g/mol. The van der Waals surface area contributed by atoms with Gasteiger partial charge < -0.3 is 45.2 Å². The maximum absolute atomic E-state index is 12.3. The van der Waals surface area contributed by atoms with Crippen LogP contribution in [0.4, 0.5) is 0 Å². The first-order chi connectivity index (χ1) is 20.3. The van der Waals surface area contributed by atoms with Crippen LogP contribution in [0.15, 0.2) is 11.6 Å². The largest absolute Gasteiger partial charge is 0.393 e. The standard InChI is InChI=1S/C35H58O9/c1-30(2)14-19-18-8-9-22-32(5)12-11-23(37)31(3,4)21(32)10-13-33(22,6)34(18,7)15-24(38)35(19,28(42)27(30)41)17-44-29-26(40)25(39)20(36)16-43-29/h8,19-29,36-42H,9-17H2,1-7H3/t19-,20+,21-,22+,23?,24?,25-,26+,27?,28?,29-,32-,33+,34+,35-/m0/s1. The number of rotatable bonds is 3. The summed E-state index contributed by atoms with van der Waals surface area (Å²) in [7, 11) is 0. The third-order valence-corrected chi connectivity index (χ3v) is 15.1. The van der Waals surface area contributed by atoms with Crippen LogP contribution >= 0.6 is 0 Å². The Morgan fingerprint density at radius 2 is 1.48 bits per heavy atom. The first-order valence-corrected chi connectivity index (χ1v) is 17.0. The summed E-state index contributed by atoms with van der Waals surface area (Å²) in [5.74, 6) is 0.475. The fourth-order valence-electron chi connectivity index (χ4n) is 12.0. The highest BCUT2D eigenvalue weighted by Gasteiger charge is 2.72. The van der Waals surface area contributed by atoms with Gasteiger partial charge in [-0.3, -0.25) is 0 Å². The topological polar surface area (TPSA) is 160 Å². The molecule has 4 unspecified atom stereocenters. The Hall–Kier alpha value is -0.620. The van der Waals surface area contributed by atoms with Gasteiger partial charge in [-0.1, -0.05) is 60.1 Å². The minimum atomic E-state index is -1.50. The van der Waals surface area contributed by atoms with Gasteiger partial charge in [-0.15, -0.1) is 0 Å². The van der Waals surface area contributed by atoms with Gasteiger partial charge in [0.2, 0.25) is 0 Å². The molecule has 5 aliphatic carbocycles. The minimum Gasteiger partial charge on any atom is -0.393 e. The smallest absolute Gasteiger partial charge is 0.186 e. The molecule has 7 N–H and O–H groups in total. The Balaban J connectivity index is 1.40. The lowest BCUT2D eigenvalue weighted by Gasteiger charge is -2.72. The van der Waals surface area contributed by atoms with Crippen LogP contribution in [0.25, 0.3) is 0 Å². The second-order valence-corrected chi connectivity index (χ2v) is 17.7. The molecule has 0 aromatic carbocycles. The molecule has 0 radical (unpaired) electrons. The Morgan fingerprint density at radius 3 is 2.16 bits per heavy atom. The maximum atomic E-state index is 12.3. The van der Waals surface area contributed by atoms with Crippen molar-refractivity contribution in [1.29, 1.82) is 0 Å². The van der Waals surface area contributed by atoms with Gasteiger partial charge in [-0.05, 0) is 89.8 Å². The van der Waals surface area contributed by atoms with E-state index in [1.165, 1.54) is 5.57 Å². The van der Waals surface area contributed by atoms with Crippen LogP contribution in [0.1, 0.15) is 93.4 Å². The molecule has 15 atom stereocenters. The average Bonchev–Trinajstić information content (AvgIpc) is 2.94. The Labute approximate surface area is 262 Å². The summed E-state index contributed by atoms with van der Waals surface area (Å²) < 4.78 is 11.6. The van der Waals surface area contributed by atoms with Crippen LogP contribution in [-0.2, 0) is 9.47 Å². The van der Waals surface area contributed by atoms with E-state index in [4.69, 9.17) is 9.47 Å².